The highest BCUT2D eigenvalue weighted by atomic mass is 16.5. The van der Waals surface area contributed by atoms with Gasteiger partial charge in [-0.05, 0) is 31.2 Å². The molecule has 2 aromatic rings. The third-order valence-electron chi connectivity index (χ3n) is 2.41. The van der Waals surface area contributed by atoms with Gasteiger partial charge in [0.2, 0.25) is 0 Å². The number of nitrogens with one attached hydrogen (secondary N) is 2. The van der Waals surface area contributed by atoms with Crippen molar-refractivity contribution in [3.63, 3.8) is 0 Å². The van der Waals surface area contributed by atoms with Crippen LogP contribution in [0.5, 0.6) is 5.75 Å². The lowest BCUT2D eigenvalue weighted by molar-refractivity contribution is 0.415. The van der Waals surface area contributed by atoms with Gasteiger partial charge in [-0.2, -0.15) is 5.10 Å². The van der Waals surface area contributed by atoms with Crippen LogP contribution in [0, 0.1) is 6.92 Å². The summed E-state index contributed by atoms with van der Waals surface area (Å²) in [7, 11) is 1.66. The third kappa shape index (κ3) is 3.21. The normalized spacial score (nSPS) is 10.2. The van der Waals surface area contributed by atoms with Gasteiger partial charge in [-0.1, -0.05) is 0 Å². The topological polar surface area (TPSA) is 62.8 Å². The predicted molar refractivity (Wildman–Crippen MR) is 66.3 cm³/mol. The average molecular weight is 232 g/mol. The molecule has 0 unspecified atom stereocenters. The molecule has 2 N–H and O–H groups in total. The summed E-state index contributed by atoms with van der Waals surface area (Å²) in [5.41, 5.74) is 1.07. The Balaban J connectivity index is 1.81. The van der Waals surface area contributed by atoms with Crippen molar-refractivity contribution in [2.45, 2.75) is 13.3 Å². The number of hydrogen-bond acceptors (Lipinski definition) is 4. The summed E-state index contributed by atoms with van der Waals surface area (Å²) in [4.78, 5) is 4.24. The molecule has 90 valence electrons. The Morgan fingerprint density at radius 3 is 2.65 bits per heavy atom. The quantitative estimate of drug-likeness (QED) is 0.824. The summed E-state index contributed by atoms with van der Waals surface area (Å²) in [6.45, 7) is 2.71. The van der Waals surface area contributed by atoms with E-state index in [-0.39, 0.29) is 0 Å². The minimum absolute atomic E-state index is 0.802. The van der Waals surface area contributed by atoms with Gasteiger partial charge in [0.05, 0.1) is 7.11 Å². The van der Waals surface area contributed by atoms with Gasteiger partial charge in [-0.15, -0.1) is 0 Å². The van der Waals surface area contributed by atoms with E-state index in [0.29, 0.717) is 0 Å². The van der Waals surface area contributed by atoms with Crippen molar-refractivity contribution in [3.05, 3.63) is 35.9 Å². The minimum Gasteiger partial charge on any atom is -0.497 e. The van der Waals surface area contributed by atoms with E-state index in [1.807, 2.05) is 31.2 Å². The highest BCUT2D eigenvalue weighted by molar-refractivity contribution is 5.46. The van der Waals surface area contributed by atoms with Crippen LogP contribution in [0.1, 0.15) is 11.6 Å². The van der Waals surface area contributed by atoms with E-state index in [1.165, 1.54) is 0 Å². The van der Waals surface area contributed by atoms with E-state index in [0.717, 1.165) is 36.1 Å². The van der Waals surface area contributed by atoms with Gasteiger partial charge in [-0.3, -0.25) is 5.10 Å². The second-order valence-corrected chi connectivity index (χ2v) is 3.74. The Morgan fingerprint density at radius 2 is 2.06 bits per heavy atom. The number of aromatic nitrogens is 3. The van der Waals surface area contributed by atoms with Crippen LogP contribution in [-0.2, 0) is 6.42 Å². The van der Waals surface area contributed by atoms with Crippen molar-refractivity contribution in [1.82, 2.24) is 15.2 Å². The summed E-state index contributed by atoms with van der Waals surface area (Å²) >= 11 is 0. The molecular weight excluding hydrogens is 216 g/mol. The van der Waals surface area contributed by atoms with E-state index < -0.39 is 0 Å². The molecule has 1 aromatic carbocycles. The van der Waals surface area contributed by atoms with Gasteiger partial charge >= 0.3 is 0 Å². The predicted octanol–water partition coefficient (Wildman–Crippen LogP) is 1.78. The molecule has 0 bridgehead atoms. The van der Waals surface area contributed by atoms with Crippen molar-refractivity contribution in [2.24, 2.45) is 0 Å². The first-order valence-electron chi connectivity index (χ1n) is 5.54. The molecule has 0 saturated heterocycles. The molecular formula is C12H16N4O. The Morgan fingerprint density at radius 1 is 1.29 bits per heavy atom. The molecule has 0 spiro atoms. The SMILES string of the molecule is COc1ccc(NCCc2n[nH]c(C)n2)cc1. The van der Waals surface area contributed by atoms with E-state index in [4.69, 9.17) is 4.74 Å². The second-order valence-electron chi connectivity index (χ2n) is 3.74. The standard InChI is InChI=1S/C12H16N4O/c1-9-14-12(16-15-9)7-8-13-10-3-5-11(17-2)6-4-10/h3-6,13H,7-8H2,1-2H3,(H,14,15,16). The second kappa shape index (κ2) is 5.34. The highest BCUT2D eigenvalue weighted by Crippen LogP contribution is 2.14. The molecule has 2 rings (SSSR count). The Bertz CT molecular complexity index is 464. The van der Waals surface area contributed by atoms with Crippen molar-refractivity contribution < 1.29 is 4.74 Å². The molecule has 0 atom stereocenters. The molecule has 0 amide bonds. The van der Waals surface area contributed by atoms with Gasteiger partial charge in [0, 0.05) is 18.7 Å². The third-order valence-corrected chi connectivity index (χ3v) is 2.41. The van der Waals surface area contributed by atoms with Gasteiger partial charge in [-0.25, -0.2) is 4.98 Å². The number of aromatic amines is 1. The van der Waals surface area contributed by atoms with Crippen LogP contribution >= 0.6 is 0 Å². The Kier molecular flexibility index (Phi) is 3.59. The highest BCUT2D eigenvalue weighted by Gasteiger charge is 1.99. The number of hydrogen-bond donors (Lipinski definition) is 2. The zero-order chi connectivity index (χ0) is 12.1. The summed E-state index contributed by atoms with van der Waals surface area (Å²) in [5.74, 6) is 2.55. The largest absolute Gasteiger partial charge is 0.497 e. The number of aryl methyl sites for hydroxylation is 1. The first-order valence-corrected chi connectivity index (χ1v) is 5.54. The molecule has 0 aliphatic heterocycles. The molecule has 0 fully saturated rings. The zero-order valence-corrected chi connectivity index (χ0v) is 10.0. The number of rotatable bonds is 5. The van der Waals surface area contributed by atoms with Crippen molar-refractivity contribution in [3.8, 4) is 5.75 Å². The summed E-state index contributed by atoms with van der Waals surface area (Å²) < 4.78 is 5.09. The van der Waals surface area contributed by atoms with Crippen LogP contribution in [0.3, 0.4) is 0 Å². The van der Waals surface area contributed by atoms with Crippen LogP contribution in [0.25, 0.3) is 0 Å². The van der Waals surface area contributed by atoms with E-state index in [1.54, 1.807) is 7.11 Å². The van der Waals surface area contributed by atoms with Gasteiger partial charge in [0.25, 0.3) is 0 Å². The molecule has 17 heavy (non-hydrogen) atoms. The van der Waals surface area contributed by atoms with Gasteiger partial charge in [0.15, 0.2) is 5.82 Å². The van der Waals surface area contributed by atoms with Crippen LogP contribution < -0.4 is 10.1 Å². The first kappa shape index (κ1) is 11.4. The summed E-state index contributed by atoms with van der Waals surface area (Å²) in [6.07, 6.45) is 0.802. The Labute approximate surface area is 100 Å². The smallest absolute Gasteiger partial charge is 0.152 e. The molecule has 0 saturated carbocycles. The van der Waals surface area contributed by atoms with Crippen molar-refractivity contribution in [1.29, 1.82) is 0 Å². The summed E-state index contributed by atoms with van der Waals surface area (Å²) in [5, 5.41) is 10.2. The number of anilines is 1. The van der Waals surface area contributed by atoms with Crippen LogP contribution in [0.4, 0.5) is 5.69 Å². The number of ether oxygens (including phenoxy) is 1. The fourth-order valence-electron chi connectivity index (χ4n) is 1.53. The molecule has 1 aromatic heterocycles. The lowest BCUT2D eigenvalue weighted by Crippen LogP contribution is -2.05. The number of methoxy groups -OCH3 is 1. The maximum Gasteiger partial charge on any atom is 0.152 e. The van der Waals surface area contributed by atoms with Crippen LogP contribution in [0.15, 0.2) is 24.3 Å². The van der Waals surface area contributed by atoms with Crippen LogP contribution in [-0.4, -0.2) is 28.8 Å². The number of benzene rings is 1. The molecule has 5 nitrogen and oxygen atoms in total. The average Bonchev–Trinajstić information content (AvgIpc) is 2.76. The lowest BCUT2D eigenvalue weighted by atomic mass is 10.3. The first-order chi connectivity index (χ1) is 8.28. The number of nitrogens with zero attached hydrogens (tertiary/aromatic N) is 2. The lowest BCUT2D eigenvalue weighted by Gasteiger charge is -2.05. The molecule has 0 radical (unpaired) electrons. The zero-order valence-electron chi connectivity index (χ0n) is 10.0. The van der Waals surface area contributed by atoms with Crippen molar-refractivity contribution >= 4 is 5.69 Å². The fourth-order valence-corrected chi connectivity index (χ4v) is 1.53. The van der Waals surface area contributed by atoms with E-state index >= 15 is 0 Å². The van der Waals surface area contributed by atoms with Gasteiger partial charge in [0.1, 0.15) is 11.6 Å². The monoisotopic (exact) mass is 232 g/mol. The minimum atomic E-state index is 0.802. The molecule has 0 aliphatic carbocycles. The van der Waals surface area contributed by atoms with Gasteiger partial charge < -0.3 is 10.1 Å². The molecule has 5 heteroatoms. The summed E-state index contributed by atoms with van der Waals surface area (Å²) in [6, 6.07) is 7.84. The Hall–Kier alpha value is -2.04. The maximum absolute atomic E-state index is 5.09. The number of H-pyrrole nitrogens is 1. The molecule has 0 aliphatic rings. The van der Waals surface area contributed by atoms with E-state index in [9.17, 15) is 0 Å². The maximum atomic E-state index is 5.09. The molecule has 1 heterocycles. The fraction of sp³-hybridized carbons (Fsp3) is 0.333. The van der Waals surface area contributed by atoms with Crippen LogP contribution in [0.2, 0.25) is 0 Å². The van der Waals surface area contributed by atoms with E-state index in [2.05, 4.69) is 20.5 Å². The van der Waals surface area contributed by atoms with Crippen molar-refractivity contribution in [2.75, 3.05) is 19.0 Å².